The zero-order valence-corrected chi connectivity index (χ0v) is 16.3. The molecule has 1 heterocycles. The van der Waals surface area contributed by atoms with Crippen LogP contribution in [0.2, 0.25) is 10.0 Å². The number of hydrogen-bond acceptors (Lipinski definition) is 3. The van der Waals surface area contributed by atoms with E-state index in [-0.39, 0.29) is 17.3 Å². The number of halogens is 2. The Hall–Kier alpha value is -1.10. The molecule has 2 fully saturated rings. The fourth-order valence-corrected chi connectivity index (χ4v) is 5.02. The lowest BCUT2D eigenvalue weighted by Crippen LogP contribution is -2.53. The minimum Gasteiger partial charge on any atom is -0.378 e. The van der Waals surface area contributed by atoms with Crippen LogP contribution in [0.25, 0.3) is 0 Å². The second-order valence-electron chi connectivity index (χ2n) is 7.23. The molecule has 1 aromatic rings. The molecule has 1 aliphatic heterocycles. The van der Waals surface area contributed by atoms with E-state index in [1.807, 2.05) is 6.92 Å². The van der Waals surface area contributed by atoms with Crippen molar-refractivity contribution < 1.29 is 14.3 Å². The number of carbonyl (C=O) groups is 2. The summed E-state index contributed by atoms with van der Waals surface area (Å²) >= 11 is 12.3. The number of Topliss-reactive ketones (excluding diaryl/α,β-unsaturated/α-hetero) is 1. The van der Waals surface area contributed by atoms with Crippen LogP contribution < -0.4 is 5.32 Å². The third-order valence-corrected chi connectivity index (χ3v) is 6.57. The SMILES string of the molecule is CCC1(OC)CCC2(CC1)NC(=O)C(c1c(C)cc(Cl)cc1Cl)C2=O. The number of carbonyl (C=O) groups excluding carboxylic acids is 2. The summed E-state index contributed by atoms with van der Waals surface area (Å²) in [6.45, 7) is 3.92. The number of ketones is 1. The molecule has 1 unspecified atom stereocenters. The molecule has 1 atom stereocenters. The van der Waals surface area contributed by atoms with E-state index in [2.05, 4.69) is 12.2 Å². The average molecular weight is 384 g/mol. The summed E-state index contributed by atoms with van der Waals surface area (Å²) in [6, 6.07) is 3.33. The third-order valence-electron chi connectivity index (χ3n) is 6.04. The molecule has 136 valence electrons. The number of hydrogen-bond donors (Lipinski definition) is 1. The Morgan fingerprint density at radius 1 is 1.20 bits per heavy atom. The normalized spacial score (nSPS) is 32.3. The highest BCUT2D eigenvalue weighted by Crippen LogP contribution is 2.46. The molecule has 0 aromatic heterocycles. The van der Waals surface area contributed by atoms with Gasteiger partial charge >= 0.3 is 0 Å². The smallest absolute Gasteiger partial charge is 0.236 e. The fraction of sp³-hybridized carbons (Fsp3) is 0.579. The van der Waals surface area contributed by atoms with Crippen LogP contribution in [0.3, 0.4) is 0 Å². The van der Waals surface area contributed by atoms with Gasteiger partial charge in [0.15, 0.2) is 5.78 Å². The van der Waals surface area contributed by atoms with Crippen LogP contribution in [-0.4, -0.2) is 29.9 Å². The number of rotatable bonds is 3. The molecule has 4 nitrogen and oxygen atoms in total. The quantitative estimate of drug-likeness (QED) is 0.795. The lowest BCUT2D eigenvalue weighted by molar-refractivity contribution is -0.128. The third kappa shape index (κ3) is 2.98. The van der Waals surface area contributed by atoms with Gasteiger partial charge in [0.25, 0.3) is 0 Å². The van der Waals surface area contributed by atoms with Gasteiger partial charge in [0.05, 0.1) is 11.1 Å². The molecule has 3 rings (SSSR count). The van der Waals surface area contributed by atoms with E-state index in [0.29, 0.717) is 28.5 Å². The summed E-state index contributed by atoms with van der Waals surface area (Å²) in [5, 5.41) is 3.85. The van der Waals surface area contributed by atoms with Crippen LogP contribution in [-0.2, 0) is 14.3 Å². The highest BCUT2D eigenvalue weighted by atomic mass is 35.5. The summed E-state index contributed by atoms with van der Waals surface area (Å²) in [5.74, 6) is -1.20. The van der Waals surface area contributed by atoms with Crippen LogP contribution in [0.4, 0.5) is 0 Å². The van der Waals surface area contributed by atoms with Crippen LogP contribution in [0.5, 0.6) is 0 Å². The van der Waals surface area contributed by atoms with Crippen molar-refractivity contribution in [1.29, 1.82) is 0 Å². The Morgan fingerprint density at radius 3 is 2.36 bits per heavy atom. The van der Waals surface area contributed by atoms with E-state index >= 15 is 0 Å². The highest BCUT2D eigenvalue weighted by molar-refractivity contribution is 6.36. The molecule has 1 N–H and O–H groups in total. The van der Waals surface area contributed by atoms with E-state index in [4.69, 9.17) is 27.9 Å². The maximum atomic E-state index is 13.3. The van der Waals surface area contributed by atoms with Crippen molar-refractivity contribution in [3.8, 4) is 0 Å². The summed E-state index contributed by atoms with van der Waals surface area (Å²) in [5.41, 5.74) is 0.347. The van der Waals surface area contributed by atoms with Gasteiger partial charge < -0.3 is 10.1 Å². The van der Waals surface area contributed by atoms with E-state index in [0.717, 1.165) is 24.8 Å². The summed E-state index contributed by atoms with van der Waals surface area (Å²) in [4.78, 5) is 25.9. The van der Waals surface area contributed by atoms with Crippen LogP contribution >= 0.6 is 23.2 Å². The van der Waals surface area contributed by atoms with Gasteiger partial charge in [-0.15, -0.1) is 0 Å². The molecule has 6 heteroatoms. The van der Waals surface area contributed by atoms with E-state index in [1.54, 1.807) is 19.2 Å². The first-order valence-corrected chi connectivity index (χ1v) is 9.40. The number of methoxy groups -OCH3 is 1. The number of amides is 1. The molecule has 25 heavy (non-hydrogen) atoms. The molecule has 1 saturated carbocycles. The fourth-order valence-electron chi connectivity index (χ4n) is 4.31. The van der Waals surface area contributed by atoms with Crippen molar-refractivity contribution in [3.63, 3.8) is 0 Å². The van der Waals surface area contributed by atoms with Crippen LogP contribution in [0, 0.1) is 6.92 Å². The Labute approximate surface area is 158 Å². The van der Waals surface area contributed by atoms with E-state index in [9.17, 15) is 9.59 Å². The number of nitrogens with one attached hydrogen (secondary N) is 1. The Balaban J connectivity index is 1.92. The van der Waals surface area contributed by atoms with Crippen molar-refractivity contribution in [2.75, 3.05) is 7.11 Å². The summed E-state index contributed by atoms with van der Waals surface area (Å²) < 4.78 is 5.70. The van der Waals surface area contributed by atoms with E-state index in [1.165, 1.54) is 0 Å². The lowest BCUT2D eigenvalue weighted by atomic mass is 9.70. The van der Waals surface area contributed by atoms with E-state index < -0.39 is 11.5 Å². The maximum absolute atomic E-state index is 13.3. The minimum atomic E-state index is -0.860. The lowest BCUT2D eigenvalue weighted by Gasteiger charge is -2.42. The van der Waals surface area contributed by atoms with Crippen molar-refractivity contribution >= 4 is 34.9 Å². The van der Waals surface area contributed by atoms with Gasteiger partial charge in [0.2, 0.25) is 5.91 Å². The van der Waals surface area contributed by atoms with Gasteiger partial charge in [-0.25, -0.2) is 0 Å². The van der Waals surface area contributed by atoms with Crippen LogP contribution in [0.1, 0.15) is 56.1 Å². The predicted molar refractivity (Wildman–Crippen MR) is 98.3 cm³/mol. The zero-order valence-electron chi connectivity index (χ0n) is 14.7. The molecule has 0 radical (unpaired) electrons. The van der Waals surface area contributed by atoms with Crippen molar-refractivity contribution in [2.24, 2.45) is 0 Å². The van der Waals surface area contributed by atoms with Gasteiger partial charge in [-0.05, 0) is 62.3 Å². The zero-order chi connectivity index (χ0) is 18.4. The molecule has 1 amide bonds. The standard InChI is InChI=1S/C19H23Cl2NO3/c1-4-18(25-3)5-7-19(8-6-18)16(23)15(17(24)22-19)14-11(2)9-12(20)10-13(14)21/h9-10,15H,4-8H2,1-3H3,(H,22,24). The van der Waals surface area contributed by atoms with Gasteiger partial charge in [0, 0.05) is 17.2 Å². The minimum absolute atomic E-state index is 0.0781. The predicted octanol–water partition coefficient (Wildman–Crippen LogP) is 4.19. The number of aryl methyl sites for hydroxylation is 1. The molecule has 1 spiro atoms. The number of ether oxygens (including phenoxy) is 1. The molecule has 1 saturated heterocycles. The maximum Gasteiger partial charge on any atom is 0.236 e. The Bertz CT molecular complexity index is 694. The largest absolute Gasteiger partial charge is 0.378 e. The van der Waals surface area contributed by atoms with Gasteiger partial charge in [-0.3, -0.25) is 9.59 Å². The summed E-state index contributed by atoms with van der Waals surface area (Å²) in [7, 11) is 1.72. The molecule has 1 aromatic carbocycles. The van der Waals surface area contributed by atoms with Crippen molar-refractivity contribution in [2.45, 2.75) is 63.0 Å². The molecule has 1 aliphatic carbocycles. The monoisotopic (exact) mass is 383 g/mol. The first-order valence-electron chi connectivity index (χ1n) is 8.64. The van der Waals surface area contributed by atoms with Crippen molar-refractivity contribution in [3.05, 3.63) is 33.3 Å². The molecule has 0 bridgehead atoms. The second-order valence-corrected chi connectivity index (χ2v) is 8.07. The second kappa shape index (κ2) is 6.57. The topological polar surface area (TPSA) is 55.4 Å². The van der Waals surface area contributed by atoms with Gasteiger partial charge in [0.1, 0.15) is 5.92 Å². The van der Waals surface area contributed by atoms with Crippen LogP contribution in [0.15, 0.2) is 12.1 Å². The van der Waals surface area contributed by atoms with Crippen molar-refractivity contribution in [1.82, 2.24) is 5.32 Å². The first kappa shape index (κ1) is 18.7. The Kier molecular flexibility index (Phi) is 4.91. The molecular weight excluding hydrogens is 361 g/mol. The average Bonchev–Trinajstić information content (AvgIpc) is 2.80. The van der Waals surface area contributed by atoms with Gasteiger partial charge in [-0.2, -0.15) is 0 Å². The van der Waals surface area contributed by atoms with Gasteiger partial charge in [-0.1, -0.05) is 30.1 Å². The summed E-state index contributed by atoms with van der Waals surface area (Å²) in [6.07, 6.45) is 3.60. The number of benzene rings is 1. The highest BCUT2D eigenvalue weighted by Gasteiger charge is 2.56. The molecular formula is C19H23Cl2NO3. The first-order chi connectivity index (χ1) is 11.8. The Morgan fingerprint density at radius 2 is 1.84 bits per heavy atom. The molecule has 2 aliphatic rings.